The standard InChI is InChI=1S/C9H6Cl2N2O2/c10-7-4(3-6(14)15)1-2-5-8(7)13-9(11)12-5/h1-2H,3H2,(H,12,13)(H,14,15). The molecule has 0 aliphatic carbocycles. The Morgan fingerprint density at radius 3 is 2.87 bits per heavy atom. The average molecular weight is 245 g/mol. The minimum absolute atomic E-state index is 0.126. The molecule has 0 fully saturated rings. The maximum absolute atomic E-state index is 10.5. The van der Waals surface area contributed by atoms with Gasteiger partial charge in [0.25, 0.3) is 0 Å². The first kappa shape index (κ1) is 10.3. The van der Waals surface area contributed by atoms with E-state index in [0.717, 1.165) is 0 Å². The summed E-state index contributed by atoms with van der Waals surface area (Å²) in [5.41, 5.74) is 1.72. The van der Waals surface area contributed by atoms with Crippen molar-refractivity contribution in [2.45, 2.75) is 6.42 Å². The van der Waals surface area contributed by atoms with Gasteiger partial charge in [-0.05, 0) is 23.2 Å². The van der Waals surface area contributed by atoms with E-state index in [1.807, 2.05) is 0 Å². The van der Waals surface area contributed by atoms with E-state index < -0.39 is 5.97 Å². The van der Waals surface area contributed by atoms with Crippen molar-refractivity contribution in [1.82, 2.24) is 9.97 Å². The van der Waals surface area contributed by atoms with Gasteiger partial charge in [0.1, 0.15) is 5.52 Å². The first-order valence-electron chi connectivity index (χ1n) is 4.12. The second kappa shape index (κ2) is 3.72. The van der Waals surface area contributed by atoms with Crippen LogP contribution < -0.4 is 0 Å². The molecule has 0 bridgehead atoms. The average Bonchev–Trinajstić information content (AvgIpc) is 2.51. The minimum atomic E-state index is -0.933. The van der Waals surface area contributed by atoms with E-state index in [1.165, 1.54) is 0 Å². The lowest BCUT2D eigenvalue weighted by molar-refractivity contribution is -0.136. The van der Waals surface area contributed by atoms with Gasteiger partial charge in [0, 0.05) is 0 Å². The van der Waals surface area contributed by atoms with E-state index in [1.54, 1.807) is 12.1 Å². The summed E-state index contributed by atoms with van der Waals surface area (Å²) in [6, 6.07) is 3.35. The Kier molecular flexibility index (Phi) is 2.54. The Morgan fingerprint density at radius 2 is 2.20 bits per heavy atom. The zero-order valence-corrected chi connectivity index (χ0v) is 8.93. The number of aliphatic carboxylic acids is 1. The molecule has 0 aliphatic heterocycles. The highest BCUT2D eigenvalue weighted by molar-refractivity contribution is 6.36. The van der Waals surface area contributed by atoms with E-state index in [9.17, 15) is 4.79 Å². The van der Waals surface area contributed by atoms with Crippen molar-refractivity contribution in [1.29, 1.82) is 0 Å². The fraction of sp³-hybridized carbons (Fsp3) is 0.111. The molecule has 2 rings (SSSR count). The third-order valence-corrected chi connectivity index (χ3v) is 2.59. The summed E-state index contributed by atoms with van der Waals surface area (Å²) in [6.07, 6.45) is -0.126. The van der Waals surface area contributed by atoms with Gasteiger partial charge in [-0.2, -0.15) is 0 Å². The highest BCUT2D eigenvalue weighted by Gasteiger charge is 2.11. The van der Waals surface area contributed by atoms with E-state index >= 15 is 0 Å². The van der Waals surface area contributed by atoms with Crippen LogP contribution in [0.5, 0.6) is 0 Å². The van der Waals surface area contributed by atoms with Gasteiger partial charge in [0.15, 0.2) is 0 Å². The summed E-state index contributed by atoms with van der Waals surface area (Å²) in [4.78, 5) is 17.3. The third kappa shape index (κ3) is 1.91. The third-order valence-electron chi connectivity index (χ3n) is 1.99. The van der Waals surface area contributed by atoms with Gasteiger partial charge < -0.3 is 10.1 Å². The normalized spacial score (nSPS) is 10.8. The van der Waals surface area contributed by atoms with Crippen LogP contribution in [-0.2, 0) is 11.2 Å². The van der Waals surface area contributed by atoms with Crippen LogP contribution in [0, 0.1) is 0 Å². The topological polar surface area (TPSA) is 66.0 Å². The number of hydrogen-bond acceptors (Lipinski definition) is 2. The van der Waals surface area contributed by atoms with E-state index in [-0.39, 0.29) is 11.7 Å². The second-order valence-corrected chi connectivity index (χ2v) is 3.77. The van der Waals surface area contributed by atoms with Gasteiger partial charge >= 0.3 is 5.97 Å². The maximum atomic E-state index is 10.5. The van der Waals surface area contributed by atoms with Crippen LogP contribution in [0.4, 0.5) is 0 Å². The number of aromatic nitrogens is 2. The Balaban J connectivity index is 2.58. The molecule has 0 saturated heterocycles. The summed E-state index contributed by atoms with van der Waals surface area (Å²) in [5, 5.41) is 9.22. The number of halogens is 2. The lowest BCUT2D eigenvalue weighted by Gasteiger charge is -2.00. The zero-order chi connectivity index (χ0) is 11.0. The molecule has 0 aliphatic rings. The number of fused-ring (bicyclic) bond motifs is 1. The first-order valence-corrected chi connectivity index (χ1v) is 4.88. The van der Waals surface area contributed by atoms with Crippen LogP contribution in [0.1, 0.15) is 5.56 Å². The number of nitrogens with zero attached hydrogens (tertiary/aromatic N) is 1. The van der Waals surface area contributed by atoms with E-state index in [0.29, 0.717) is 21.6 Å². The van der Waals surface area contributed by atoms with Crippen LogP contribution in [-0.4, -0.2) is 21.0 Å². The number of nitrogens with one attached hydrogen (secondary N) is 1. The van der Waals surface area contributed by atoms with Crippen molar-refractivity contribution in [3.05, 3.63) is 28.0 Å². The number of carbonyl (C=O) groups is 1. The molecule has 0 atom stereocenters. The molecule has 4 nitrogen and oxygen atoms in total. The Bertz CT molecular complexity index is 536. The van der Waals surface area contributed by atoms with Gasteiger partial charge in [-0.1, -0.05) is 17.7 Å². The van der Waals surface area contributed by atoms with Gasteiger partial charge in [0.05, 0.1) is 17.0 Å². The van der Waals surface area contributed by atoms with Gasteiger partial charge in [-0.3, -0.25) is 4.79 Å². The molecule has 0 amide bonds. The lowest BCUT2D eigenvalue weighted by atomic mass is 10.1. The predicted octanol–water partition coefficient (Wildman–Crippen LogP) is 2.50. The smallest absolute Gasteiger partial charge is 0.307 e. The van der Waals surface area contributed by atoms with Gasteiger partial charge in [-0.25, -0.2) is 4.98 Å². The van der Waals surface area contributed by atoms with Gasteiger partial charge in [-0.15, -0.1) is 0 Å². The molecular weight excluding hydrogens is 239 g/mol. The molecule has 0 saturated carbocycles. The summed E-state index contributed by atoms with van der Waals surface area (Å²) < 4.78 is 0. The predicted molar refractivity (Wildman–Crippen MR) is 57.5 cm³/mol. The molecule has 78 valence electrons. The molecule has 1 heterocycles. The molecule has 2 N–H and O–H groups in total. The fourth-order valence-corrected chi connectivity index (χ4v) is 1.81. The molecule has 6 heteroatoms. The van der Waals surface area contributed by atoms with Crippen LogP contribution in [0.3, 0.4) is 0 Å². The Hall–Kier alpha value is -1.26. The van der Waals surface area contributed by atoms with Gasteiger partial charge in [0.2, 0.25) is 5.28 Å². The second-order valence-electron chi connectivity index (χ2n) is 3.03. The van der Waals surface area contributed by atoms with Crippen LogP contribution in [0.15, 0.2) is 12.1 Å². The number of H-pyrrole nitrogens is 1. The van der Waals surface area contributed by atoms with Crippen molar-refractivity contribution < 1.29 is 9.90 Å². The number of aromatic amines is 1. The van der Waals surface area contributed by atoms with Crippen LogP contribution in [0.25, 0.3) is 11.0 Å². The van der Waals surface area contributed by atoms with E-state index in [4.69, 9.17) is 28.3 Å². The van der Waals surface area contributed by atoms with Crippen molar-refractivity contribution in [2.75, 3.05) is 0 Å². The highest BCUT2D eigenvalue weighted by Crippen LogP contribution is 2.27. The monoisotopic (exact) mass is 244 g/mol. The number of carboxylic acid groups (broad SMARTS) is 1. The molecule has 0 radical (unpaired) electrons. The SMILES string of the molecule is O=C(O)Cc1ccc2[nH]c(Cl)nc2c1Cl. The van der Waals surface area contributed by atoms with Crippen molar-refractivity contribution in [3.63, 3.8) is 0 Å². The molecule has 0 spiro atoms. The molecule has 0 unspecified atom stereocenters. The molecule has 2 aromatic rings. The van der Waals surface area contributed by atoms with Crippen molar-refractivity contribution in [3.8, 4) is 0 Å². The minimum Gasteiger partial charge on any atom is -0.481 e. The van der Waals surface area contributed by atoms with Crippen LogP contribution >= 0.6 is 23.2 Å². The molecule has 1 aromatic carbocycles. The highest BCUT2D eigenvalue weighted by atomic mass is 35.5. The van der Waals surface area contributed by atoms with E-state index in [2.05, 4.69) is 9.97 Å². The maximum Gasteiger partial charge on any atom is 0.307 e. The summed E-state index contributed by atoms with van der Waals surface area (Å²) in [6.45, 7) is 0. The fourth-order valence-electron chi connectivity index (χ4n) is 1.35. The first-order chi connectivity index (χ1) is 7.08. The Labute approximate surface area is 94.8 Å². The van der Waals surface area contributed by atoms with Crippen molar-refractivity contribution in [2.24, 2.45) is 0 Å². The number of rotatable bonds is 2. The number of imidazole rings is 1. The number of hydrogen-bond donors (Lipinski definition) is 2. The summed E-state index contributed by atoms with van der Waals surface area (Å²) in [7, 11) is 0. The molecule has 15 heavy (non-hydrogen) atoms. The number of carboxylic acids is 1. The quantitative estimate of drug-likeness (QED) is 0.854. The zero-order valence-electron chi connectivity index (χ0n) is 7.42. The summed E-state index contributed by atoms with van der Waals surface area (Å²) in [5.74, 6) is -0.933. The largest absolute Gasteiger partial charge is 0.481 e. The van der Waals surface area contributed by atoms with Crippen LogP contribution in [0.2, 0.25) is 10.3 Å². The molecule has 1 aromatic heterocycles. The number of benzene rings is 1. The molecular formula is C9H6Cl2N2O2. The Morgan fingerprint density at radius 1 is 1.47 bits per heavy atom. The summed E-state index contributed by atoms with van der Waals surface area (Å²) >= 11 is 11.7. The van der Waals surface area contributed by atoms with Crippen molar-refractivity contribution >= 4 is 40.2 Å². The lowest BCUT2D eigenvalue weighted by Crippen LogP contribution is -2.00.